The largest absolute Gasteiger partial charge is 0.478 e. The number of pyridine rings is 1. The van der Waals surface area contributed by atoms with E-state index in [0.29, 0.717) is 29.1 Å². The lowest BCUT2D eigenvalue weighted by atomic mass is 9.82. The van der Waals surface area contributed by atoms with Crippen molar-refractivity contribution in [2.45, 2.75) is 25.6 Å². The Kier molecular flexibility index (Phi) is 6.51. The number of halogens is 1. The molecule has 1 amide bonds. The van der Waals surface area contributed by atoms with E-state index in [2.05, 4.69) is 21.4 Å². The van der Waals surface area contributed by atoms with Crippen molar-refractivity contribution in [1.82, 2.24) is 14.5 Å². The maximum Gasteiger partial charge on any atom is 0.293 e. The third kappa shape index (κ3) is 4.65. The van der Waals surface area contributed by atoms with Crippen LogP contribution in [0.1, 0.15) is 19.4 Å². The zero-order valence-corrected chi connectivity index (χ0v) is 20.2. The number of primary amides is 1. The van der Waals surface area contributed by atoms with E-state index in [1.54, 1.807) is 32.2 Å². The highest BCUT2D eigenvalue weighted by atomic mass is 19.1. The number of anilines is 3. The molecule has 1 aliphatic rings. The van der Waals surface area contributed by atoms with Crippen molar-refractivity contribution in [3.63, 3.8) is 0 Å². The predicted molar refractivity (Wildman–Crippen MR) is 133 cm³/mol. The normalized spacial score (nSPS) is 21.7. The number of rotatable bonds is 6. The molecule has 0 saturated carbocycles. The Morgan fingerprint density at radius 2 is 2.14 bits per heavy atom. The van der Waals surface area contributed by atoms with E-state index < -0.39 is 29.8 Å². The minimum Gasteiger partial charge on any atom is -0.478 e. The molecule has 12 heteroatoms. The van der Waals surface area contributed by atoms with Gasteiger partial charge in [0.2, 0.25) is 5.95 Å². The smallest absolute Gasteiger partial charge is 0.293 e. The molecule has 3 atom stereocenters. The summed E-state index contributed by atoms with van der Waals surface area (Å²) in [5.41, 5.74) is 10.7. The van der Waals surface area contributed by atoms with Gasteiger partial charge in [-0.15, -0.1) is 0 Å². The van der Waals surface area contributed by atoms with Gasteiger partial charge in [-0.2, -0.15) is 10.2 Å². The Morgan fingerprint density at radius 1 is 1.39 bits per heavy atom. The van der Waals surface area contributed by atoms with Crippen LogP contribution in [0.25, 0.3) is 10.9 Å². The van der Waals surface area contributed by atoms with Crippen LogP contribution in [0, 0.1) is 17.2 Å². The molecule has 0 bridgehead atoms. The Labute approximate surface area is 206 Å². The number of aromatic nitrogens is 3. The second-order valence-electron chi connectivity index (χ2n) is 9.13. The second-order valence-corrected chi connectivity index (χ2v) is 9.13. The number of hydrogen-bond acceptors (Lipinski definition) is 9. The standard InChI is InChI=1S/C24H27FN8O3/c1-13-10-33(11-19(27)24(13,2)25)23-29-9-15(8-26)21(31-23)30-16-4-5-17-14(6-16)7-18(22(35)32(17)3)36-12-20(28)34/h4-7,9,13,19H,10-12,27H2,1-3H3,(H2,28,34)(H,29,30,31). The predicted octanol–water partition coefficient (Wildman–Crippen LogP) is 1.32. The van der Waals surface area contributed by atoms with Crippen molar-refractivity contribution in [3.05, 3.63) is 46.4 Å². The van der Waals surface area contributed by atoms with Gasteiger partial charge >= 0.3 is 0 Å². The van der Waals surface area contributed by atoms with E-state index in [9.17, 15) is 19.2 Å². The Bertz CT molecular complexity index is 1420. The minimum absolute atomic E-state index is 0.0154. The van der Waals surface area contributed by atoms with Crippen LogP contribution < -0.4 is 32.0 Å². The maximum atomic E-state index is 14.8. The Balaban J connectivity index is 1.66. The van der Waals surface area contributed by atoms with Crippen molar-refractivity contribution < 1.29 is 13.9 Å². The van der Waals surface area contributed by atoms with Crippen LogP contribution in [0.2, 0.25) is 0 Å². The first-order valence-electron chi connectivity index (χ1n) is 11.3. The molecular weight excluding hydrogens is 467 g/mol. The lowest BCUT2D eigenvalue weighted by molar-refractivity contribution is -0.119. The van der Waals surface area contributed by atoms with Gasteiger partial charge in [0.1, 0.15) is 17.3 Å². The molecule has 0 radical (unpaired) electrons. The van der Waals surface area contributed by atoms with E-state index >= 15 is 0 Å². The fourth-order valence-corrected chi connectivity index (χ4v) is 4.15. The first-order valence-corrected chi connectivity index (χ1v) is 11.3. The summed E-state index contributed by atoms with van der Waals surface area (Å²) in [6.45, 7) is 3.49. The van der Waals surface area contributed by atoms with Crippen LogP contribution in [-0.2, 0) is 11.8 Å². The number of amides is 1. The molecule has 0 spiro atoms. The van der Waals surface area contributed by atoms with Gasteiger partial charge in [-0.05, 0) is 31.2 Å². The van der Waals surface area contributed by atoms with Gasteiger partial charge in [0, 0.05) is 37.1 Å². The van der Waals surface area contributed by atoms with Gasteiger partial charge in [0.05, 0.1) is 17.8 Å². The van der Waals surface area contributed by atoms with Gasteiger partial charge in [-0.1, -0.05) is 6.92 Å². The minimum atomic E-state index is -1.50. The Hall–Kier alpha value is -4.24. The van der Waals surface area contributed by atoms with Crippen molar-refractivity contribution in [2.75, 3.05) is 29.9 Å². The molecule has 188 valence electrons. The molecule has 3 heterocycles. The zero-order valence-electron chi connectivity index (χ0n) is 20.2. The number of carbonyl (C=O) groups is 1. The summed E-state index contributed by atoms with van der Waals surface area (Å²) < 4.78 is 21.5. The highest BCUT2D eigenvalue weighted by Gasteiger charge is 2.43. The molecule has 3 unspecified atom stereocenters. The van der Waals surface area contributed by atoms with Crippen LogP contribution in [0.4, 0.5) is 21.8 Å². The average Bonchev–Trinajstić information content (AvgIpc) is 2.83. The quantitative estimate of drug-likeness (QED) is 0.458. The zero-order chi connectivity index (χ0) is 26.2. The number of piperidine rings is 1. The summed E-state index contributed by atoms with van der Waals surface area (Å²) in [6.07, 6.45) is 1.41. The van der Waals surface area contributed by atoms with E-state index in [1.165, 1.54) is 23.8 Å². The van der Waals surface area contributed by atoms with E-state index in [1.807, 2.05) is 4.90 Å². The molecule has 11 nitrogen and oxygen atoms in total. The lowest BCUT2D eigenvalue weighted by Crippen LogP contribution is -2.60. The summed E-state index contributed by atoms with van der Waals surface area (Å²) in [4.78, 5) is 34.2. The van der Waals surface area contributed by atoms with E-state index in [-0.39, 0.29) is 29.6 Å². The number of ether oxygens (including phenoxy) is 1. The number of nitrogens with zero attached hydrogens (tertiary/aromatic N) is 5. The molecule has 1 aliphatic heterocycles. The van der Waals surface area contributed by atoms with Gasteiger partial charge in [-0.25, -0.2) is 9.37 Å². The number of benzene rings is 1. The number of carbonyl (C=O) groups excluding carboxylic acids is 1. The second kappa shape index (κ2) is 9.43. The summed E-state index contributed by atoms with van der Waals surface area (Å²) >= 11 is 0. The number of alkyl halides is 1. The summed E-state index contributed by atoms with van der Waals surface area (Å²) in [5, 5.41) is 13.4. The number of hydrogen-bond donors (Lipinski definition) is 3. The molecule has 36 heavy (non-hydrogen) atoms. The molecule has 1 fully saturated rings. The topological polar surface area (TPSA) is 165 Å². The van der Waals surface area contributed by atoms with Crippen molar-refractivity contribution in [1.29, 1.82) is 5.26 Å². The molecule has 1 aromatic carbocycles. The maximum absolute atomic E-state index is 14.8. The number of fused-ring (bicyclic) bond motifs is 1. The van der Waals surface area contributed by atoms with Crippen LogP contribution in [-0.4, -0.2) is 51.8 Å². The SMILES string of the molecule is CC1CN(c2ncc(C#N)c(Nc3ccc4c(c3)cc(OCC(N)=O)c(=O)n4C)n2)CC(N)C1(C)F. The third-order valence-corrected chi connectivity index (χ3v) is 6.60. The molecule has 5 N–H and O–H groups in total. The summed E-state index contributed by atoms with van der Waals surface area (Å²) in [7, 11) is 1.59. The van der Waals surface area contributed by atoms with Crippen molar-refractivity contribution in [2.24, 2.45) is 24.4 Å². The molecule has 2 aromatic heterocycles. The lowest BCUT2D eigenvalue weighted by Gasteiger charge is -2.43. The van der Waals surface area contributed by atoms with E-state index in [4.69, 9.17) is 16.2 Å². The number of nitrogens with one attached hydrogen (secondary N) is 1. The van der Waals surface area contributed by atoms with Gasteiger partial charge in [0.15, 0.2) is 18.2 Å². The van der Waals surface area contributed by atoms with Gasteiger partial charge < -0.3 is 31.0 Å². The Morgan fingerprint density at radius 3 is 2.81 bits per heavy atom. The van der Waals surface area contributed by atoms with Crippen molar-refractivity contribution in [3.8, 4) is 11.8 Å². The average molecular weight is 495 g/mol. The molecule has 3 aromatic rings. The van der Waals surface area contributed by atoms with E-state index in [0.717, 1.165) is 0 Å². The highest BCUT2D eigenvalue weighted by Crippen LogP contribution is 2.32. The summed E-state index contributed by atoms with van der Waals surface area (Å²) in [6, 6.07) is 8.10. The number of nitrogens with two attached hydrogens (primary N) is 2. The van der Waals surface area contributed by atoms with Crippen LogP contribution in [0.5, 0.6) is 5.75 Å². The molecular formula is C24H27FN8O3. The molecule has 1 saturated heterocycles. The fraction of sp³-hybridized carbons (Fsp3) is 0.375. The first kappa shape index (κ1) is 24.9. The van der Waals surface area contributed by atoms with Crippen molar-refractivity contribution >= 4 is 34.3 Å². The summed E-state index contributed by atoms with van der Waals surface area (Å²) in [5.74, 6) is -0.448. The third-order valence-electron chi connectivity index (χ3n) is 6.60. The molecule has 4 rings (SSSR count). The highest BCUT2D eigenvalue weighted by molar-refractivity contribution is 5.85. The van der Waals surface area contributed by atoms with Crippen LogP contribution >= 0.6 is 0 Å². The van der Waals surface area contributed by atoms with Crippen LogP contribution in [0.15, 0.2) is 35.3 Å². The molecule has 0 aliphatic carbocycles. The fourth-order valence-electron chi connectivity index (χ4n) is 4.15. The van der Waals surface area contributed by atoms with Gasteiger partial charge in [-0.3, -0.25) is 9.59 Å². The number of nitriles is 1. The van der Waals surface area contributed by atoms with Crippen LogP contribution in [0.3, 0.4) is 0 Å². The monoisotopic (exact) mass is 494 g/mol. The van der Waals surface area contributed by atoms with Gasteiger partial charge in [0.25, 0.3) is 11.5 Å². The number of aryl methyl sites for hydroxylation is 1. The first-order chi connectivity index (χ1) is 17.0.